The summed E-state index contributed by atoms with van der Waals surface area (Å²) in [6, 6.07) is 13.2. The molecule has 9 nitrogen and oxygen atoms in total. The number of hydrogen-bond donors (Lipinski definition) is 1. The molecule has 4 amide bonds. The fourth-order valence-corrected chi connectivity index (χ4v) is 5.29. The van der Waals surface area contributed by atoms with Gasteiger partial charge in [-0.25, -0.2) is 4.79 Å². The van der Waals surface area contributed by atoms with Gasteiger partial charge in [-0.05, 0) is 23.6 Å². The number of nitro groups is 1. The van der Waals surface area contributed by atoms with Crippen molar-refractivity contribution in [1.29, 1.82) is 0 Å². The Labute approximate surface area is 177 Å². The summed E-state index contributed by atoms with van der Waals surface area (Å²) in [6.45, 7) is 0.569. The van der Waals surface area contributed by atoms with Gasteiger partial charge in [-0.15, -0.1) is 0 Å². The van der Waals surface area contributed by atoms with Crippen LogP contribution in [0.1, 0.15) is 23.5 Å². The molecule has 2 saturated heterocycles. The molecule has 0 radical (unpaired) electrons. The Morgan fingerprint density at radius 1 is 1.13 bits per heavy atom. The Balaban J connectivity index is 1.67. The van der Waals surface area contributed by atoms with E-state index in [1.54, 1.807) is 6.07 Å². The van der Waals surface area contributed by atoms with Crippen LogP contribution in [0.3, 0.4) is 0 Å². The number of non-ortho nitro benzene ring substituents is 1. The van der Waals surface area contributed by atoms with E-state index in [0.717, 1.165) is 16.2 Å². The number of benzene rings is 2. The Morgan fingerprint density at radius 2 is 1.87 bits per heavy atom. The van der Waals surface area contributed by atoms with Crippen LogP contribution in [0.25, 0.3) is 0 Å². The molecular weight excluding hydrogens is 400 g/mol. The Kier molecular flexibility index (Phi) is 4.11. The molecule has 0 saturated carbocycles. The first kappa shape index (κ1) is 19.2. The summed E-state index contributed by atoms with van der Waals surface area (Å²) in [4.78, 5) is 52.5. The van der Waals surface area contributed by atoms with Crippen LogP contribution in [-0.4, -0.2) is 47.3 Å². The summed E-state index contributed by atoms with van der Waals surface area (Å²) in [6.07, 6.45) is 0.566. The second kappa shape index (κ2) is 6.63. The van der Waals surface area contributed by atoms with E-state index in [-0.39, 0.29) is 18.0 Å². The maximum absolute atomic E-state index is 13.4. The zero-order valence-corrected chi connectivity index (χ0v) is 16.8. The highest BCUT2D eigenvalue weighted by Crippen LogP contribution is 2.51. The molecule has 3 aliphatic heterocycles. The van der Waals surface area contributed by atoms with Gasteiger partial charge in [0.1, 0.15) is 0 Å². The average Bonchev–Trinajstić information content (AvgIpc) is 3.22. The SMILES string of the molecule is CN1C(=O)NC(=O)[C@]2(Cc3cc([N+](=O)[O-])ccc3N3C[C@H](c4ccccc4)C[C@@H]32)C1=O. The maximum Gasteiger partial charge on any atom is 0.330 e. The standard InChI is InChI=1S/C22H20N4O5/c1-24-20(28)22(19(27)23-21(24)29)11-14-9-16(26(30)31)7-8-17(14)25-12-15(10-18(22)25)13-5-3-2-4-6-13/h2-9,15,18H,10-12H2,1H3,(H,23,27,29)/t15-,18-,22-/m1/s1. The molecule has 0 aromatic heterocycles. The summed E-state index contributed by atoms with van der Waals surface area (Å²) in [5, 5.41) is 13.7. The highest BCUT2D eigenvalue weighted by atomic mass is 16.6. The summed E-state index contributed by atoms with van der Waals surface area (Å²) in [7, 11) is 1.35. The summed E-state index contributed by atoms with van der Waals surface area (Å²) in [5.74, 6) is -1.13. The van der Waals surface area contributed by atoms with Crippen molar-refractivity contribution in [3.05, 3.63) is 69.8 Å². The molecule has 0 unspecified atom stereocenters. The van der Waals surface area contributed by atoms with E-state index in [1.807, 2.05) is 35.2 Å². The molecule has 9 heteroatoms. The summed E-state index contributed by atoms with van der Waals surface area (Å²) in [5.41, 5.74) is 0.835. The number of urea groups is 1. The van der Waals surface area contributed by atoms with Crippen molar-refractivity contribution in [1.82, 2.24) is 10.2 Å². The van der Waals surface area contributed by atoms with E-state index in [1.165, 1.54) is 19.2 Å². The summed E-state index contributed by atoms with van der Waals surface area (Å²) >= 11 is 0. The van der Waals surface area contributed by atoms with Crippen LogP contribution < -0.4 is 10.2 Å². The molecular formula is C22H20N4O5. The van der Waals surface area contributed by atoms with Crippen LogP contribution >= 0.6 is 0 Å². The fourth-order valence-electron chi connectivity index (χ4n) is 5.29. The van der Waals surface area contributed by atoms with Gasteiger partial charge in [-0.1, -0.05) is 30.3 Å². The molecule has 31 heavy (non-hydrogen) atoms. The second-order valence-corrected chi connectivity index (χ2v) is 8.35. The molecule has 5 rings (SSSR count). The number of imide groups is 2. The minimum atomic E-state index is -1.52. The predicted molar refractivity (Wildman–Crippen MR) is 110 cm³/mol. The second-order valence-electron chi connectivity index (χ2n) is 8.35. The molecule has 3 aliphatic rings. The van der Waals surface area contributed by atoms with Crippen molar-refractivity contribution < 1.29 is 19.3 Å². The number of nitrogens with one attached hydrogen (secondary N) is 1. The quantitative estimate of drug-likeness (QED) is 0.453. The number of nitro benzene ring substituents is 1. The van der Waals surface area contributed by atoms with Gasteiger partial charge in [0.25, 0.3) is 5.69 Å². The van der Waals surface area contributed by atoms with Crippen molar-refractivity contribution >= 4 is 29.2 Å². The lowest BCUT2D eigenvalue weighted by atomic mass is 9.68. The Bertz CT molecular complexity index is 1130. The lowest BCUT2D eigenvalue weighted by Crippen LogP contribution is -2.70. The molecule has 0 bridgehead atoms. The number of fused-ring (bicyclic) bond motifs is 4. The first-order chi connectivity index (χ1) is 14.8. The number of carbonyl (C=O) groups is 3. The molecule has 3 atom stereocenters. The van der Waals surface area contributed by atoms with Crippen LogP contribution in [0.4, 0.5) is 16.2 Å². The summed E-state index contributed by atoms with van der Waals surface area (Å²) < 4.78 is 0. The monoisotopic (exact) mass is 420 g/mol. The predicted octanol–water partition coefficient (Wildman–Crippen LogP) is 2.21. The van der Waals surface area contributed by atoms with Gasteiger partial charge in [0, 0.05) is 43.8 Å². The van der Waals surface area contributed by atoms with Gasteiger partial charge >= 0.3 is 6.03 Å². The molecule has 1 N–H and O–H groups in total. The number of anilines is 1. The van der Waals surface area contributed by atoms with Gasteiger partial charge in [0.2, 0.25) is 11.8 Å². The van der Waals surface area contributed by atoms with Gasteiger partial charge in [-0.2, -0.15) is 0 Å². The van der Waals surface area contributed by atoms with Crippen LogP contribution in [-0.2, 0) is 16.0 Å². The third kappa shape index (κ3) is 2.66. The number of carbonyl (C=O) groups excluding carboxylic acids is 3. The Hall–Kier alpha value is -3.75. The normalized spacial score (nSPS) is 27.2. The number of barbiturate groups is 1. The first-order valence-corrected chi connectivity index (χ1v) is 10.1. The molecule has 0 aliphatic carbocycles. The van der Waals surface area contributed by atoms with E-state index >= 15 is 0 Å². The highest BCUT2D eigenvalue weighted by molar-refractivity contribution is 6.20. The van der Waals surface area contributed by atoms with E-state index in [0.29, 0.717) is 18.5 Å². The van der Waals surface area contributed by atoms with Crippen LogP contribution in [0, 0.1) is 15.5 Å². The zero-order valence-electron chi connectivity index (χ0n) is 16.8. The third-order valence-electron chi connectivity index (χ3n) is 6.81. The van der Waals surface area contributed by atoms with Crippen molar-refractivity contribution in [2.45, 2.75) is 24.8 Å². The lowest BCUT2D eigenvalue weighted by Gasteiger charge is -2.48. The van der Waals surface area contributed by atoms with Gasteiger partial charge in [0.05, 0.1) is 11.0 Å². The van der Waals surface area contributed by atoms with Gasteiger partial charge in [-0.3, -0.25) is 29.9 Å². The third-order valence-corrected chi connectivity index (χ3v) is 6.81. The van der Waals surface area contributed by atoms with Crippen LogP contribution in [0.2, 0.25) is 0 Å². The largest absolute Gasteiger partial charge is 0.366 e. The fraction of sp³-hybridized carbons (Fsp3) is 0.318. The molecule has 1 spiro atoms. The van der Waals surface area contributed by atoms with Crippen LogP contribution in [0.5, 0.6) is 0 Å². The van der Waals surface area contributed by atoms with Crippen LogP contribution in [0.15, 0.2) is 48.5 Å². The molecule has 158 valence electrons. The average molecular weight is 420 g/mol. The molecule has 2 aromatic rings. The molecule has 3 heterocycles. The maximum atomic E-state index is 13.4. The van der Waals surface area contributed by atoms with Crippen molar-refractivity contribution in [3.8, 4) is 0 Å². The topological polar surface area (TPSA) is 113 Å². The van der Waals surface area contributed by atoms with Crippen molar-refractivity contribution in [2.75, 3.05) is 18.5 Å². The minimum Gasteiger partial charge on any atom is -0.366 e. The number of amides is 4. The zero-order chi connectivity index (χ0) is 21.9. The lowest BCUT2D eigenvalue weighted by molar-refractivity contribution is -0.384. The van der Waals surface area contributed by atoms with Crippen molar-refractivity contribution in [3.63, 3.8) is 0 Å². The van der Waals surface area contributed by atoms with E-state index in [4.69, 9.17) is 0 Å². The van der Waals surface area contributed by atoms with E-state index in [2.05, 4.69) is 5.32 Å². The molecule has 2 fully saturated rings. The Morgan fingerprint density at radius 3 is 2.58 bits per heavy atom. The smallest absolute Gasteiger partial charge is 0.330 e. The van der Waals surface area contributed by atoms with E-state index in [9.17, 15) is 24.5 Å². The first-order valence-electron chi connectivity index (χ1n) is 10.1. The minimum absolute atomic E-state index is 0.00891. The number of rotatable bonds is 2. The molecule has 2 aromatic carbocycles. The van der Waals surface area contributed by atoms with Gasteiger partial charge in [0.15, 0.2) is 5.41 Å². The van der Waals surface area contributed by atoms with E-state index < -0.39 is 34.2 Å². The van der Waals surface area contributed by atoms with Crippen molar-refractivity contribution in [2.24, 2.45) is 5.41 Å². The number of nitrogens with zero attached hydrogens (tertiary/aromatic N) is 3. The number of hydrogen-bond acceptors (Lipinski definition) is 6. The van der Waals surface area contributed by atoms with Gasteiger partial charge < -0.3 is 4.90 Å². The highest BCUT2D eigenvalue weighted by Gasteiger charge is 2.63.